The fourth-order valence-corrected chi connectivity index (χ4v) is 5.61. The van der Waals surface area contributed by atoms with Crippen molar-refractivity contribution in [2.75, 3.05) is 14.1 Å². The molecule has 5 rings (SSSR count). The molecule has 0 aliphatic carbocycles. The summed E-state index contributed by atoms with van der Waals surface area (Å²) in [5.74, 6) is -0.604. The van der Waals surface area contributed by atoms with Gasteiger partial charge in [0.25, 0.3) is 10.1 Å². The Balaban J connectivity index is 1.49. The van der Waals surface area contributed by atoms with Crippen LogP contribution in [0.3, 0.4) is 0 Å². The van der Waals surface area contributed by atoms with Crippen LogP contribution in [0.15, 0.2) is 40.6 Å². The molecule has 0 radical (unpaired) electrons. The number of nitrogens with zero attached hydrogens (tertiary/aromatic N) is 6. The second kappa shape index (κ2) is 8.85. The molecular formula is C23H28N6O6S. The smallest absolute Gasteiger partial charge is 0.299 e. The minimum Gasteiger partial charge on any atom is -0.369 e. The van der Waals surface area contributed by atoms with Gasteiger partial charge in [0.05, 0.1) is 23.1 Å². The number of aliphatic imine (C=N–C) groups is 1. The van der Waals surface area contributed by atoms with Crippen molar-refractivity contribution in [1.82, 2.24) is 24.5 Å². The van der Waals surface area contributed by atoms with Crippen LogP contribution in [0.1, 0.15) is 36.8 Å². The highest BCUT2D eigenvalue weighted by molar-refractivity contribution is 7.86. The first-order valence-electron chi connectivity index (χ1n) is 11.4. The molecule has 4 atom stereocenters. The van der Waals surface area contributed by atoms with Gasteiger partial charge < -0.3 is 19.1 Å². The summed E-state index contributed by atoms with van der Waals surface area (Å²) in [6.07, 6.45) is 1.07. The van der Waals surface area contributed by atoms with E-state index in [-0.39, 0.29) is 4.90 Å². The highest BCUT2D eigenvalue weighted by atomic mass is 32.2. The molecule has 36 heavy (non-hydrogen) atoms. The van der Waals surface area contributed by atoms with Crippen LogP contribution in [-0.2, 0) is 28.5 Å². The van der Waals surface area contributed by atoms with E-state index in [1.165, 1.54) is 12.4 Å². The lowest BCUT2D eigenvalue weighted by molar-refractivity contribution is -0.214. The minimum atomic E-state index is -4.16. The summed E-state index contributed by atoms with van der Waals surface area (Å²) in [6.45, 7) is 7.12. The molecule has 0 saturated carbocycles. The molecule has 0 amide bonds. The second-order valence-electron chi connectivity index (χ2n) is 9.52. The summed E-state index contributed by atoms with van der Waals surface area (Å²) in [5.41, 5.74) is 2.47. The van der Waals surface area contributed by atoms with E-state index < -0.39 is 40.5 Å². The van der Waals surface area contributed by atoms with Gasteiger partial charge in [-0.3, -0.25) is 0 Å². The van der Waals surface area contributed by atoms with Crippen LogP contribution in [0.5, 0.6) is 0 Å². The van der Waals surface area contributed by atoms with Crippen molar-refractivity contribution < 1.29 is 26.8 Å². The highest BCUT2D eigenvalue weighted by Gasteiger charge is 2.58. The first kappa shape index (κ1) is 24.7. The summed E-state index contributed by atoms with van der Waals surface area (Å²) in [7, 11) is -0.468. The molecule has 192 valence electrons. The van der Waals surface area contributed by atoms with E-state index in [4.69, 9.17) is 18.4 Å². The maximum absolute atomic E-state index is 13.2. The predicted molar refractivity (Wildman–Crippen MR) is 128 cm³/mol. The lowest BCUT2D eigenvalue weighted by Gasteiger charge is -2.24. The molecule has 0 bridgehead atoms. The molecule has 4 heterocycles. The maximum Gasteiger partial charge on any atom is 0.299 e. The molecule has 2 aliphatic heterocycles. The van der Waals surface area contributed by atoms with E-state index in [2.05, 4.69) is 20.1 Å². The number of fused-ring (bicyclic) bond motifs is 2. The fourth-order valence-electron chi connectivity index (χ4n) is 4.41. The van der Waals surface area contributed by atoms with Crippen molar-refractivity contribution in [3.63, 3.8) is 0 Å². The lowest BCUT2D eigenvalue weighted by Crippen LogP contribution is -2.33. The number of rotatable bonds is 6. The zero-order chi connectivity index (χ0) is 25.8. The molecule has 0 N–H and O–H groups in total. The quantitative estimate of drug-likeness (QED) is 0.273. The van der Waals surface area contributed by atoms with E-state index in [0.29, 0.717) is 22.7 Å². The number of aromatic nitrogens is 4. The molecule has 0 unspecified atom stereocenters. The Labute approximate surface area is 209 Å². The summed E-state index contributed by atoms with van der Waals surface area (Å²) in [5, 5.41) is 4.31. The number of aryl methyl sites for hydroxylation is 2. The monoisotopic (exact) mass is 516 g/mol. The molecule has 3 aromatic rings. The second-order valence-corrected chi connectivity index (χ2v) is 11.1. The van der Waals surface area contributed by atoms with E-state index in [9.17, 15) is 8.42 Å². The van der Waals surface area contributed by atoms with Crippen LogP contribution < -0.4 is 0 Å². The van der Waals surface area contributed by atoms with Gasteiger partial charge in [-0.05, 0) is 39.3 Å². The van der Waals surface area contributed by atoms with Crippen LogP contribution in [0.4, 0.5) is 5.82 Å². The van der Waals surface area contributed by atoms with E-state index in [0.717, 1.165) is 5.56 Å². The molecular weight excluding hydrogens is 488 g/mol. The SMILES string of the molecule is Cc1ccc(S(=O)(=O)O[C@H]2O[C@@H](c3cnc4c(/N=C/N(C)C)ncnn34)[C@@H]3OC(C)(C)O[C@@H]23)c(C)c1. The van der Waals surface area contributed by atoms with Gasteiger partial charge in [-0.25, -0.2) is 23.7 Å². The van der Waals surface area contributed by atoms with Gasteiger partial charge in [0.2, 0.25) is 12.1 Å². The third kappa shape index (κ3) is 4.48. The topological polar surface area (TPSA) is 130 Å². The predicted octanol–water partition coefficient (Wildman–Crippen LogP) is 2.29. The van der Waals surface area contributed by atoms with Crippen molar-refractivity contribution in [1.29, 1.82) is 0 Å². The van der Waals surface area contributed by atoms with Gasteiger partial charge in [-0.2, -0.15) is 13.5 Å². The number of imidazole rings is 1. The highest BCUT2D eigenvalue weighted by Crippen LogP contribution is 2.46. The zero-order valence-corrected chi connectivity index (χ0v) is 21.6. The third-order valence-electron chi connectivity index (χ3n) is 5.85. The molecule has 1 aromatic carbocycles. The Hall–Kier alpha value is -2.97. The van der Waals surface area contributed by atoms with Crippen LogP contribution in [-0.4, -0.2) is 77.6 Å². The average molecular weight is 517 g/mol. The van der Waals surface area contributed by atoms with E-state index >= 15 is 0 Å². The van der Waals surface area contributed by atoms with Gasteiger partial charge in [0, 0.05) is 14.1 Å². The van der Waals surface area contributed by atoms with E-state index in [1.54, 1.807) is 54.9 Å². The Morgan fingerprint density at radius 1 is 1.17 bits per heavy atom. The maximum atomic E-state index is 13.2. The average Bonchev–Trinajstić information content (AvgIpc) is 3.43. The number of benzene rings is 1. The van der Waals surface area contributed by atoms with Crippen molar-refractivity contribution >= 4 is 27.9 Å². The van der Waals surface area contributed by atoms with Crippen molar-refractivity contribution in [3.8, 4) is 0 Å². The van der Waals surface area contributed by atoms with Gasteiger partial charge in [0.15, 0.2) is 11.4 Å². The van der Waals surface area contributed by atoms with Crippen molar-refractivity contribution in [2.45, 2.75) is 63.0 Å². The van der Waals surface area contributed by atoms with Gasteiger partial charge in [-0.15, -0.1) is 0 Å². The number of hydrogen-bond donors (Lipinski definition) is 0. The molecule has 0 spiro atoms. The number of ether oxygens (including phenoxy) is 3. The van der Waals surface area contributed by atoms with E-state index in [1.807, 2.05) is 21.0 Å². The van der Waals surface area contributed by atoms with Crippen LogP contribution in [0, 0.1) is 13.8 Å². The standard InChI is InChI=1S/C23H28N6O6S/c1-13-7-8-16(14(2)9-13)36(30,31)35-22-19-18(33-23(3,4)34-19)17(32-22)15-10-24-21-20(26-12-28(5)6)25-11-27-29(15)21/h7-12,17-19,22H,1-6H3/b26-12+/t17-,18-,19+,22+/m0/s1. The first-order chi connectivity index (χ1) is 16.9. The van der Waals surface area contributed by atoms with Gasteiger partial charge in [0.1, 0.15) is 24.6 Å². The van der Waals surface area contributed by atoms with Gasteiger partial charge in [-0.1, -0.05) is 17.7 Å². The van der Waals surface area contributed by atoms with Crippen molar-refractivity contribution in [3.05, 3.63) is 47.5 Å². The number of hydrogen-bond acceptors (Lipinski definition) is 10. The Bertz CT molecular complexity index is 1440. The molecule has 2 aliphatic rings. The summed E-state index contributed by atoms with van der Waals surface area (Å²) >= 11 is 0. The lowest BCUT2D eigenvalue weighted by atomic mass is 10.1. The molecule has 2 saturated heterocycles. The largest absolute Gasteiger partial charge is 0.369 e. The normalized spacial score (nSPS) is 25.6. The Kier molecular flexibility index (Phi) is 6.08. The van der Waals surface area contributed by atoms with Crippen LogP contribution >= 0.6 is 0 Å². The fraction of sp³-hybridized carbons (Fsp3) is 0.478. The third-order valence-corrected chi connectivity index (χ3v) is 7.29. The first-order valence-corrected chi connectivity index (χ1v) is 12.8. The summed E-state index contributed by atoms with van der Waals surface area (Å²) in [4.78, 5) is 14.8. The molecule has 12 nitrogen and oxygen atoms in total. The Morgan fingerprint density at radius 2 is 1.92 bits per heavy atom. The van der Waals surface area contributed by atoms with Gasteiger partial charge >= 0.3 is 0 Å². The molecule has 2 aromatic heterocycles. The zero-order valence-electron chi connectivity index (χ0n) is 20.8. The summed E-state index contributed by atoms with van der Waals surface area (Å²) < 4.78 is 51.8. The summed E-state index contributed by atoms with van der Waals surface area (Å²) in [6, 6.07) is 5.03. The minimum absolute atomic E-state index is 0.0702. The van der Waals surface area contributed by atoms with Crippen LogP contribution in [0.25, 0.3) is 5.65 Å². The molecule has 13 heteroatoms. The van der Waals surface area contributed by atoms with Crippen molar-refractivity contribution in [2.24, 2.45) is 4.99 Å². The Morgan fingerprint density at radius 3 is 2.64 bits per heavy atom. The molecule has 2 fully saturated rings. The van der Waals surface area contributed by atoms with Crippen LogP contribution in [0.2, 0.25) is 0 Å².